The van der Waals surface area contributed by atoms with Crippen LogP contribution in [0.4, 0.5) is 0 Å². The predicted octanol–water partition coefficient (Wildman–Crippen LogP) is 3.71. The molecule has 0 spiro atoms. The van der Waals surface area contributed by atoms with Crippen LogP contribution >= 0.6 is 0 Å². The van der Waals surface area contributed by atoms with E-state index >= 15 is 0 Å². The fourth-order valence-corrected chi connectivity index (χ4v) is 5.02. The molecule has 0 aromatic rings. The van der Waals surface area contributed by atoms with Crippen molar-refractivity contribution in [3.63, 3.8) is 0 Å². The van der Waals surface area contributed by atoms with E-state index in [0.29, 0.717) is 0 Å². The molecular formula is C18H34N2. The van der Waals surface area contributed by atoms with E-state index in [4.69, 9.17) is 0 Å². The summed E-state index contributed by atoms with van der Waals surface area (Å²) >= 11 is 0. The molecule has 0 radical (unpaired) electrons. The summed E-state index contributed by atoms with van der Waals surface area (Å²) in [6, 6.07) is 2.38. The molecule has 116 valence electrons. The zero-order chi connectivity index (χ0) is 13.9. The second kappa shape index (κ2) is 6.79. The van der Waals surface area contributed by atoms with Gasteiger partial charge in [0, 0.05) is 18.1 Å². The fraction of sp³-hybridized carbons (Fsp3) is 1.00. The number of nitrogens with one attached hydrogen (secondary N) is 2. The first kappa shape index (κ1) is 14.8. The summed E-state index contributed by atoms with van der Waals surface area (Å²) in [5.74, 6) is 2.67. The molecule has 0 aromatic carbocycles. The van der Waals surface area contributed by atoms with Gasteiger partial charge in [0.2, 0.25) is 0 Å². The van der Waals surface area contributed by atoms with Crippen LogP contribution in [0.15, 0.2) is 0 Å². The SMILES string of the molecule is CC1CCCC(NC2CCCCC2C2CCCN2)C1C. The van der Waals surface area contributed by atoms with Crippen LogP contribution in [0.3, 0.4) is 0 Å². The summed E-state index contributed by atoms with van der Waals surface area (Å²) < 4.78 is 0. The molecule has 1 saturated heterocycles. The van der Waals surface area contributed by atoms with Crippen molar-refractivity contribution >= 4 is 0 Å². The summed E-state index contributed by atoms with van der Waals surface area (Å²) in [5.41, 5.74) is 0. The van der Waals surface area contributed by atoms with E-state index in [0.717, 1.165) is 35.9 Å². The topological polar surface area (TPSA) is 24.1 Å². The zero-order valence-electron chi connectivity index (χ0n) is 13.5. The van der Waals surface area contributed by atoms with E-state index in [1.54, 1.807) is 0 Å². The van der Waals surface area contributed by atoms with Crippen LogP contribution in [-0.4, -0.2) is 24.7 Å². The average molecular weight is 278 g/mol. The van der Waals surface area contributed by atoms with Gasteiger partial charge in [0.1, 0.15) is 0 Å². The van der Waals surface area contributed by atoms with Crippen LogP contribution in [0.25, 0.3) is 0 Å². The molecule has 2 aliphatic carbocycles. The molecule has 1 heterocycles. The lowest BCUT2D eigenvalue weighted by Gasteiger charge is -2.42. The van der Waals surface area contributed by atoms with Crippen molar-refractivity contribution in [3.05, 3.63) is 0 Å². The number of hydrogen-bond donors (Lipinski definition) is 2. The first-order chi connectivity index (χ1) is 9.75. The van der Waals surface area contributed by atoms with Crippen LogP contribution in [0, 0.1) is 17.8 Å². The summed E-state index contributed by atoms with van der Waals surface area (Å²) in [5, 5.41) is 7.90. The summed E-state index contributed by atoms with van der Waals surface area (Å²) in [6.45, 7) is 6.19. The summed E-state index contributed by atoms with van der Waals surface area (Å²) in [6.07, 6.45) is 12.9. The molecule has 0 aromatic heterocycles. The van der Waals surface area contributed by atoms with Crippen LogP contribution in [0.5, 0.6) is 0 Å². The highest BCUT2D eigenvalue weighted by Crippen LogP contribution is 2.34. The molecule has 3 rings (SSSR count). The predicted molar refractivity (Wildman–Crippen MR) is 85.9 cm³/mol. The third-order valence-electron chi connectivity index (χ3n) is 6.57. The Kier molecular flexibility index (Phi) is 5.04. The highest BCUT2D eigenvalue weighted by Gasteiger charge is 2.36. The van der Waals surface area contributed by atoms with Crippen molar-refractivity contribution in [1.29, 1.82) is 0 Å². The molecule has 6 unspecified atom stereocenters. The van der Waals surface area contributed by atoms with Crippen LogP contribution in [0.2, 0.25) is 0 Å². The Hall–Kier alpha value is -0.0800. The highest BCUT2D eigenvalue weighted by molar-refractivity contribution is 4.94. The highest BCUT2D eigenvalue weighted by atomic mass is 15.0. The Bertz CT molecular complexity index is 298. The van der Waals surface area contributed by atoms with E-state index < -0.39 is 0 Å². The van der Waals surface area contributed by atoms with Gasteiger partial charge in [-0.1, -0.05) is 39.5 Å². The first-order valence-corrected chi connectivity index (χ1v) is 9.25. The van der Waals surface area contributed by atoms with Crippen molar-refractivity contribution in [1.82, 2.24) is 10.6 Å². The largest absolute Gasteiger partial charge is 0.314 e. The van der Waals surface area contributed by atoms with Gasteiger partial charge in [-0.05, 0) is 56.4 Å². The molecule has 1 aliphatic heterocycles. The first-order valence-electron chi connectivity index (χ1n) is 9.25. The van der Waals surface area contributed by atoms with Gasteiger partial charge in [-0.2, -0.15) is 0 Å². The smallest absolute Gasteiger partial charge is 0.0113 e. The van der Waals surface area contributed by atoms with Gasteiger partial charge in [0.05, 0.1) is 0 Å². The Morgan fingerprint density at radius 2 is 1.60 bits per heavy atom. The second-order valence-corrected chi connectivity index (χ2v) is 7.80. The Morgan fingerprint density at radius 3 is 2.40 bits per heavy atom. The minimum atomic E-state index is 0.783. The molecule has 0 amide bonds. The molecule has 2 nitrogen and oxygen atoms in total. The van der Waals surface area contributed by atoms with Crippen molar-refractivity contribution in [2.75, 3.05) is 6.54 Å². The average Bonchev–Trinajstić information content (AvgIpc) is 2.98. The molecule has 0 bridgehead atoms. The van der Waals surface area contributed by atoms with Crippen molar-refractivity contribution in [2.24, 2.45) is 17.8 Å². The lowest BCUT2D eigenvalue weighted by molar-refractivity contribution is 0.143. The maximum Gasteiger partial charge on any atom is 0.0113 e. The molecule has 2 saturated carbocycles. The number of hydrogen-bond acceptors (Lipinski definition) is 2. The van der Waals surface area contributed by atoms with Crippen LogP contribution < -0.4 is 10.6 Å². The fourth-order valence-electron chi connectivity index (χ4n) is 5.02. The van der Waals surface area contributed by atoms with E-state index in [-0.39, 0.29) is 0 Å². The molecule has 2 heteroatoms. The van der Waals surface area contributed by atoms with E-state index in [2.05, 4.69) is 24.5 Å². The Morgan fingerprint density at radius 1 is 0.800 bits per heavy atom. The molecule has 2 N–H and O–H groups in total. The zero-order valence-corrected chi connectivity index (χ0v) is 13.5. The third kappa shape index (κ3) is 3.22. The summed E-state index contributed by atoms with van der Waals surface area (Å²) in [4.78, 5) is 0. The van der Waals surface area contributed by atoms with Gasteiger partial charge in [-0.3, -0.25) is 0 Å². The van der Waals surface area contributed by atoms with Gasteiger partial charge in [-0.25, -0.2) is 0 Å². The Balaban J connectivity index is 1.61. The van der Waals surface area contributed by atoms with E-state index in [1.165, 1.54) is 64.3 Å². The van der Waals surface area contributed by atoms with Gasteiger partial charge in [-0.15, -0.1) is 0 Å². The third-order valence-corrected chi connectivity index (χ3v) is 6.57. The lowest BCUT2D eigenvalue weighted by atomic mass is 9.75. The maximum absolute atomic E-state index is 4.12. The van der Waals surface area contributed by atoms with Crippen molar-refractivity contribution < 1.29 is 0 Å². The minimum Gasteiger partial charge on any atom is -0.314 e. The normalized spacial score (nSPS) is 46.5. The standard InChI is InChI=1S/C18H34N2/c1-13-7-5-10-16(14(13)2)20-18-9-4-3-8-15(18)17-11-6-12-19-17/h13-20H,3-12H2,1-2H3. The van der Waals surface area contributed by atoms with Crippen LogP contribution in [-0.2, 0) is 0 Å². The maximum atomic E-state index is 4.12. The van der Waals surface area contributed by atoms with Gasteiger partial charge < -0.3 is 10.6 Å². The van der Waals surface area contributed by atoms with Crippen molar-refractivity contribution in [3.8, 4) is 0 Å². The molecule has 6 atom stereocenters. The molecule has 3 aliphatic rings. The van der Waals surface area contributed by atoms with E-state index in [1.807, 2.05) is 0 Å². The quantitative estimate of drug-likeness (QED) is 0.822. The molecular weight excluding hydrogens is 244 g/mol. The summed E-state index contributed by atoms with van der Waals surface area (Å²) in [7, 11) is 0. The second-order valence-electron chi connectivity index (χ2n) is 7.80. The molecule has 20 heavy (non-hydrogen) atoms. The van der Waals surface area contributed by atoms with Crippen molar-refractivity contribution in [2.45, 2.75) is 89.8 Å². The minimum absolute atomic E-state index is 0.783. The van der Waals surface area contributed by atoms with Crippen LogP contribution in [0.1, 0.15) is 71.6 Å². The monoisotopic (exact) mass is 278 g/mol. The Labute approximate surface area is 125 Å². The van der Waals surface area contributed by atoms with E-state index in [9.17, 15) is 0 Å². The van der Waals surface area contributed by atoms with Gasteiger partial charge in [0.25, 0.3) is 0 Å². The van der Waals surface area contributed by atoms with Gasteiger partial charge >= 0.3 is 0 Å². The molecule has 3 fully saturated rings. The lowest BCUT2D eigenvalue weighted by Crippen LogP contribution is -2.53. The number of rotatable bonds is 3. The van der Waals surface area contributed by atoms with Gasteiger partial charge in [0.15, 0.2) is 0 Å².